The van der Waals surface area contributed by atoms with E-state index in [1.54, 1.807) is 12.1 Å². The first-order valence-electron chi connectivity index (χ1n) is 9.70. The number of nitrogens with zero attached hydrogens (tertiary/aromatic N) is 6. The molecule has 2 aromatic rings. The fourth-order valence-corrected chi connectivity index (χ4v) is 3.11. The number of morpholine rings is 2. The van der Waals surface area contributed by atoms with E-state index in [9.17, 15) is 5.11 Å². The van der Waals surface area contributed by atoms with Crippen LogP contribution in [0, 0.1) is 0 Å². The molecule has 0 bridgehead atoms. The van der Waals surface area contributed by atoms with Gasteiger partial charge in [0.05, 0.1) is 32.1 Å². The van der Waals surface area contributed by atoms with Crippen molar-refractivity contribution in [1.82, 2.24) is 15.0 Å². The molecule has 0 amide bonds. The number of hydrogen-bond donors (Lipinski definition) is 2. The lowest BCUT2D eigenvalue weighted by Crippen LogP contribution is -2.40. The number of aromatic hydroxyl groups is 1. The summed E-state index contributed by atoms with van der Waals surface area (Å²) < 4.78 is 10.9. The van der Waals surface area contributed by atoms with Crippen LogP contribution >= 0.6 is 0 Å². The lowest BCUT2D eigenvalue weighted by atomic mass is 10.1. The zero-order valence-corrected chi connectivity index (χ0v) is 16.4. The molecule has 154 valence electrons. The van der Waals surface area contributed by atoms with Gasteiger partial charge >= 0.3 is 0 Å². The molecule has 2 N–H and O–H groups in total. The van der Waals surface area contributed by atoms with Crippen molar-refractivity contribution in [2.45, 2.75) is 6.92 Å². The molecule has 0 spiro atoms. The van der Waals surface area contributed by atoms with Crippen LogP contribution in [0.1, 0.15) is 12.5 Å². The molecule has 0 saturated carbocycles. The highest BCUT2D eigenvalue weighted by Gasteiger charge is 2.20. The number of hydrogen-bond acceptors (Lipinski definition) is 10. The number of anilines is 3. The molecular weight excluding hydrogens is 374 g/mol. The van der Waals surface area contributed by atoms with Crippen LogP contribution in [-0.2, 0) is 9.47 Å². The maximum Gasteiger partial charge on any atom is 0.250 e. The van der Waals surface area contributed by atoms with Crippen LogP contribution in [-0.4, -0.2) is 78.4 Å². The van der Waals surface area contributed by atoms with Crippen molar-refractivity contribution in [1.29, 1.82) is 0 Å². The standard InChI is InChI=1S/C19H25N7O3/c1-14(15-2-4-16(27)5-3-15)23-24-17-20-18(25-6-10-28-11-7-25)22-19(21-17)26-8-12-29-13-9-26/h2-5,27H,6-13H2,1H3,(H,20,21,22,24). The third kappa shape index (κ3) is 4.90. The molecule has 2 aliphatic rings. The first-order valence-corrected chi connectivity index (χ1v) is 9.70. The first kappa shape index (κ1) is 19.3. The number of hydrazone groups is 1. The Labute approximate surface area is 169 Å². The zero-order valence-electron chi connectivity index (χ0n) is 16.4. The Bertz CT molecular complexity index is 811. The van der Waals surface area contributed by atoms with Crippen molar-refractivity contribution in [2.75, 3.05) is 67.8 Å². The monoisotopic (exact) mass is 399 g/mol. The van der Waals surface area contributed by atoms with Gasteiger partial charge in [-0.2, -0.15) is 20.1 Å². The SMILES string of the molecule is CC(=NNc1nc(N2CCOCC2)nc(N2CCOCC2)n1)c1ccc(O)cc1. The Kier molecular flexibility index (Phi) is 6.01. The number of aromatic nitrogens is 3. The summed E-state index contributed by atoms with van der Waals surface area (Å²) >= 11 is 0. The van der Waals surface area contributed by atoms with Gasteiger partial charge < -0.3 is 24.4 Å². The van der Waals surface area contributed by atoms with E-state index in [1.807, 2.05) is 19.1 Å². The first-order chi connectivity index (χ1) is 14.2. The van der Waals surface area contributed by atoms with Gasteiger partial charge in [-0.3, -0.25) is 0 Å². The molecule has 2 aliphatic heterocycles. The van der Waals surface area contributed by atoms with Crippen LogP contribution in [0.25, 0.3) is 0 Å². The lowest BCUT2D eigenvalue weighted by Gasteiger charge is -2.30. The van der Waals surface area contributed by atoms with Crippen molar-refractivity contribution in [3.05, 3.63) is 29.8 Å². The second-order valence-electron chi connectivity index (χ2n) is 6.81. The van der Waals surface area contributed by atoms with E-state index in [0.29, 0.717) is 44.3 Å². The minimum Gasteiger partial charge on any atom is -0.508 e. The van der Waals surface area contributed by atoms with E-state index >= 15 is 0 Å². The molecule has 2 fully saturated rings. The summed E-state index contributed by atoms with van der Waals surface area (Å²) in [6.07, 6.45) is 0. The molecule has 3 heterocycles. The van der Waals surface area contributed by atoms with Crippen molar-refractivity contribution in [3.63, 3.8) is 0 Å². The Morgan fingerprint density at radius 1 is 0.897 bits per heavy atom. The predicted octanol–water partition coefficient (Wildman–Crippen LogP) is 1.09. The predicted molar refractivity (Wildman–Crippen MR) is 110 cm³/mol. The van der Waals surface area contributed by atoms with Crippen LogP contribution in [0.15, 0.2) is 29.4 Å². The van der Waals surface area contributed by atoms with E-state index < -0.39 is 0 Å². The van der Waals surface area contributed by atoms with E-state index in [4.69, 9.17) is 9.47 Å². The fourth-order valence-electron chi connectivity index (χ4n) is 3.11. The van der Waals surface area contributed by atoms with Crippen LogP contribution < -0.4 is 15.2 Å². The van der Waals surface area contributed by atoms with E-state index in [-0.39, 0.29) is 5.75 Å². The van der Waals surface area contributed by atoms with E-state index in [2.05, 4.69) is 35.3 Å². The van der Waals surface area contributed by atoms with E-state index in [0.717, 1.165) is 37.5 Å². The number of rotatable bonds is 5. The van der Waals surface area contributed by atoms with Gasteiger partial charge in [0.2, 0.25) is 17.8 Å². The van der Waals surface area contributed by atoms with Crippen LogP contribution in [0.3, 0.4) is 0 Å². The highest BCUT2D eigenvalue weighted by atomic mass is 16.5. The van der Waals surface area contributed by atoms with Gasteiger partial charge in [0, 0.05) is 26.2 Å². The number of benzene rings is 1. The quantitative estimate of drug-likeness (QED) is 0.564. The van der Waals surface area contributed by atoms with Gasteiger partial charge in [0.15, 0.2) is 0 Å². The van der Waals surface area contributed by atoms with Gasteiger partial charge in [0.25, 0.3) is 0 Å². The molecule has 2 saturated heterocycles. The third-order valence-electron chi connectivity index (χ3n) is 4.81. The van der Waals surface area contributed by atoms with Crippen molar-refractivity contribution < 1.29 is 14.6 Å². The van der Waals surface area contributed by atoms with Crippen molar-refractivity contribution in [3.8, 4) is 5.75 Å². The molecule has 0 radical (unpaired) electrons. The largest absolute Gasteiger partial charge is 0.508 e. The summed E-state index contributed by atoms with van der Waals surface area (Å²) in [6, 6.07) is 6.87. The molecule has 4 rings (SSSR count). The minimum atomic E-state index is 0.220. The Balaban J connectivity index is 1.58. The molecule has 0 unspecified atom stereocenters. The van der Waals surface area contributed by atoms with Gasteiger partial charge in [-0.1, -0.05) is 0 Å². The van der Waals surface area contributed by atoms with Crippen LogP contribution in [0.5, 0.6) is 5.75 Å². The number of ether oxygens (including phenoxy) is 2. The van der Waals surface area contributed by atoms with Gasteiger partial charge in [-0.05, 0) is 36.8 Å². The second kappa shape index (κ2) is 9.01. The third-order valence-corrected chi connectivity index (χ3v) is 4.81. The van der Waals surface area contributed by atoms with E-state index in [1.165, 1.54) is 0 Å². The molecule has 1 aromatic heterocycles. The zero-order chi connectivity index (χ0) is 20.1. The second-order valence-corrected chi connectivity index (χ2v) is 6.81. The molecule has 10 nitrogen and oxygen atoms in total. The van der Waals surface area contributed by atoms with Gasteiger partial charge in [0.1, 0.15) is 5.75 Å². The highest BCUT2D eigenvalue weighted by Crippen LogP contribution is 2.19. The Morgan fingerprint density at radius 2 is 1.41 bits per heavy atom. The van der Waals surface area contributed by atoms with Gasteiger partial charge in [-0.15, -0.1) is 0 Å². The molecule has 29 heavy (non-hydrogen) atoms. The summed E-state index contributed by atoms with van der Waals surface area (Å²) in [5.41, 5.74) is 4.61. The topological polar surface area (TPSA) is 108 Å². The van der Waals surface area contributed by atoms with Crippen molar-refractivity contribution in [2.24, 2.45) is 5.10 Å². The highest BCUT2D eigenvalue weighted by molar-refractivity contribution is 5.99. The summed E-state index contributed by atoms with van der Waals surface area (Å²) in [6.45, 7) is 7.44. The summed E-state index contributed by atoms with van der Waals surface area (Å²) in [5.74, 6) is 1.84. The molecule has 1 aromatic carbocycles. The number of phenolic OH excluding ortho intramolecular Hbond substituents is 1. The normalized spacial score (nSPS) is 18.0. The molecule has 10 heteroatoms. The average molecular weight is 399 g/mol. The lowest BCUT2D eigenvalue weighted by molar-refractivity contribution is 0.121. The molecule has 0 aliphatic carbocycles. The molecular formula is C19H25N7O3. The smallest absolute Gasteiger partial charge is 0.250 e. The maximum atomic E-state index is 9.45. The summed E-state index contributed by atoms with van der Waals surface area (Å²) in [5, 5.41) is 13.9. The van der Waals surface area contributed by atoms with Crippen LogP contribution in [0.4, 0.5) is 17.8 Å². The number of phenols is 1. The molecule has 0 atom stereocenters. The van der Waals surface area contributed by atoms with Crippen LogP contribution in [0.2, 0.25) is 0 Å². The van der Waals surface area contributed by atoms with Crippen molar-refractivity contribution >= 4 is 23.6 Å². The fraction of sp³-hybridized carbons (Fsp3) is 0.474. The number of nitrogens with one attached hydrogen (secondary N) is 1. The Hall–Kier alpha value is -2.98. The Morgan fingerprint density at radius 3 is 1.93 bits per heavy atom. The average Bonchev–Trinajstić information content (AvgIpc) is 2.79. The van der Waals surface area contributed by atoms with Gasteiger partial charge in [-0.25, -0.2) is 5.43 Å². The summed E-state index contributed by atoms with van der Waals surface area (Å²) in [4.78, 5) is 18.0. The maximum absolute atomic E-state index is 9.45. The summed E-state index contributed by atoms with van der Waals surface area (Å²) in [7, 11) is 0. The minimum absolute atomic E-state index is 0.220.